The van der Waals surface area contributed by atoms with Gasteiger partial charge in [0.05, 0.1) is 13.2 Å². The van der Waals surface area contributed by atoms with E-state index in [1.165, 1.54) is 6.07 Å². The molecule has 4 nitrogen and oxygen atoms in total. The van der Waals surface area contributed by atoms with Gasteiger partial charge in [0, 0.05) is 26.2 Å². The summed E-state index contributed by atoms with van der Waals surface area (Å²) < 4.78 is 18.8. The summed E-state index contributed by atoms with van der Waals surface area (Å²) in [5.74, 6) is -0.159. The number of nitrogens with zero attached hydrogens (tertiary/aromatic N) is 1. The van der Waals surface area contributed by atoms with Crippen molar-refractivity contribution >= 4 is 17.3 Å². The Bertz CT molecular complexity index is 466. The molecule has 2 rings (SSSR count). The largest absolute Gasteiger partial charge is 0.379 e. The van der Waals surface area contributed by atoms with Crippen LogP contribution in [0.1, 0.15) is 12.0 Å². The Labute approximate surface area is 137 Å². The van der Waals surface area contributed by atoms with Gasteiger partial charge in [-0.15, -0.1) is 0 Å². The van der Waals surface area contributed by atoms with Gasteiger partial charge in [0.25, 0.3) is 0 Å². The van der Waals surface area contributed by atoms with Gasteiger partial charge in [0.15, 0.2) is 5.11 Å². The molecular formula is C16H24FN3OS. The average Bonchev–Trinajstić information content (AvgIpc) is 2.54. The van der Waals surface area contributed by atoms with Gasteiger partial charge in [0.2, 0.25) is 0 Å². The molecule has 1 aliphatic rings. The molecule has 0 aromatic heterocycles. The molecule has 1 fully saturated rings. The monoisotopic (exact) mass is 325 g/mol. The van der Waals surface area contributed by atoms with Crippen molar-refractivity contribution in [3.05, 3.63) is 35.6 Å². The van der Waals surface area contributed by atoms with E-state index in [-0.39, 0.29) is 5.82 Å². The van der Waals surface area contributed by atoms with Crippen molar-refractivity contribution in [1.29, 1.82) is 0 Å². The minimum Gasteiger partial charge on any atom is -0.379 e. The molecule has 0 radical (unpaired) electrons. The molecule has 0 saturated carbocycles. The molecule has 6 heteroatoms. The van der Waals surface area contributed by atoms with Crippen molar-refractivity contribution in [2.75, 3.05) is 45.9 Å². The molecule has 122 valence electrons. The topological polar surface area (TPSA) is 36.5 Å². The van der Waals surface area contributed by atoms with E-state index in [0.29, 0.717) is 23.6 Å². The Balaban J connectivity index is 1.51. The minimum atomic E-state index is -0.159. The lowest BCUT2D eigenvalue weighted by Gasteiger charge is -2.26. The fraction of sp³-hybridized carbons (Fsp3) is 0.562. The first kappa shape index (κ1) is 17.1. The third kappa shape index (κ3) is 6.25. The second-order valence-corrected chi connectivity index (χ2v) is 5.74. The maximum atomic E-state index is 13.4. The molecule has 1 aliphatic heterocycles. The standard InChI is InChI=1S/C16H24FN3OS/c17-15-5-2-1-4-14(15)6-8-19-16(22)18-7-3-9-20-10-12-21-13-11-20/h1-2,4-5H,3,6-13H2,(H2,18,19,22). The lowest BCUT2D eigenvalue weighted by Crippen LogP contribution is -2.40. The van der Waals surface area contributed by atoms with Gasteiger partial charge in [-0.2, -0.15) is 0 Å². The Morgan fingerprint density at radius 2 is 1.91 bits per heavy atom. The van der Waals surface area contributed by atoms with Crippen LogP contribution in [0, 0.1) is 5.82 Å². The first-order valence-corrected chi connectivity index (χ1v) is 8.22. The number of hydrogen-bond acceptors (Lipinski definition) is 3. The Morgan fingerprint density at radius 3 is 2.68 bits per heavy atom. The van der Waals surface area contributed by atoms with E-state index in [0.717, 1.165) is 45.8 Å². The summed E-state index contributed by atoms with van der Waals surface area (Å²) >= 11 is 5.22. The molecule has 1 saturated heterocycles. The Hall–Kier alpha value is -1.24. The third-order valence-corrected chi connectivity index (χ3v) is 3.97. The van der Waals surface area contributed by atoms with Crippen molar-refractivity contribution in [3.63, 3.8) is 0 Å². The zero-order valence-corrected chi connectivity index (χ0v) is 13.6. The van der Waals surface area contributed by atoms with Crippen LogP contribution in [-0.4, -0.2) is 55.9 Å². The quantitative estimate of drug-likeness (QED) is 0.588. The molecule has 0 bridgehead atoms. The summed E-state index contributed by atoms with van der Waals surface area (Å²) in [4.78, 5) is 2.40. The van der Waals surface area contributed by atoms with Gasteiger partial charge in [-0.3, -0.25) is 4.90 Å². The van der Waals surface area contributed by atoms with Crippen LogP contribution >= 0.6 is 12.2 Å². The van der Waals surface area contributed by atoms with Crippen molar-refractivity contribution < 1.29 is 9.13 Å². The van der Waals surface area contributed by atoms with Gasteiger partial charge in [-0.05, 0) is 43.2 Å². The molecule has 0 aliphatic carbocycles. The maximum Gasteiger partial charge on any atom is 0.166 e. The predicted molar refractivity (Wildman–Crippen MR) is 90.6 cm³/mol. The Morgan fingerprint density at radius 1 is 1.18 bits per heavy atom. The number of thiocarbonyl (C=S) groups is 1. The number of halogens is 1. The first-order chi connectivity index (χ1) is 10.8. The third-order valence-electron chi connectivity index (χ3n) is 3.68. The van der Waals surface area contributed by atoms with E-state index in [1.54, 1.807) is 12.1 Å². The molecule has 0 unspecified atom stereocenters. The summed E-state index contributed by atoms with van der Waals surface area (Å²) in [5, 5.41) is 6.95. The molecule has 0 amide bonds. The van der Waals surface area contributed by atoms with Crippen LogP contribution in [0.2, 0.25) is 0 Å². The number of rotatable bonds is 7. The van der Waals surface area contributed by atoms with Crippen molar-refractivity contribution in [2.45, 2.75) is 12.8 Å². The lowest BCUT2D eigenvalue weighted by molar-refractivity contribution is 0.0376. The second-order valence-electron chi connectivity index (χ2n) is 5.33. The predicted octanol–water partition coefficient (Wildman–Crippen LogP) is 1.55. The van der Waals surface area contributed by atoms with Crippen LogP contribution in [0.5, 0.6) is 0 Å². The van der Waals surface area contributed by atoms with Gasteiger partial charge < -0.3 is 15.4 Å². The van der Waals surface area contributed by atoms with Gasteiger partial charge in [-0.25, -0.2) is 4.39 Å². The second kappa shape index (κ2) is 9.71. The van der Waals surface area contributed by atoms with Crippen LogP contribution in [0.25, 0.3) is 0 Å². The summed E-state index contributed by atoms with van der Waals surface area (Å²) in [6.07, 6.45) is 1.68. The summed E-state index contributed by atoms with van der Waals surface area (Å²) in [7, 11) is 0. The Kier molecular flexibility index (Phi) is 7.56. The van der Waals surface area contributed by atoms with Gasteiger partial charge in [0.1, 0.15) is 5.82 Å². The highest BCUT2D eigenvalue weighted by Gasteiger charge is 2.09. The normalized spacial score (nSPS) is 15.5. The SMILES string of the molecule is Fc1ccccc1CCNC(=S)NCCCN1CCOCC1. The van der Waals surface area contributed by atoms with Gasteiger partial charge in [-0.1, -0.05) is 18.2 Å². The highest BCUT2D eigenvalue weighted by molar-refractivity contribution is 7.80. The minimum absolute atomic E-state index is 0.159. The van der Waals surface area contributed by atoms with Crippen LogP contribution in [0.4, 0.5) is 4.39 Å². The number of hydrogen-bond donors (Lipinski definition) is 2. The van der Waals surface area contributed by atoms with E-state index in [9.17, 15) is 4.39 Å². The van der Waals surface area contributed by atoms with Crippen LogP contribution in [-0.2, 0) is 11.2 Å². The van der Waals surface area contributed by atoms with E-state index in [4.69, 9.17) is 17.0 Å². The van der Waals surface area contributed by atoms with E-state index < -0.39 is 0 Å². The lowest BCUT2D eigenvalue weighted by atomic mass is 10.1. The fourth-order valence-electron chi connectivity index (χ4n) is 2.40. The molecule has 1 heterocycles. The van der Waals surface area contributed by atoms with Crippen LogP contribution < -0.4 is 10.6 Å². The zero-order valence-electron chi connectivity index (χ0n) is 12.8. The number of nitrogens with one attached hydrogen (secondary N) is 2. The summed E-state index contributed by atoms with van der Waals surface area (Å²) in [5.41, 5.74) is 0.713. The highest BCUT2D eigenvalue weighted by atomic mass is 32.1. The smallest absolute Gasteiger partial charge is 0.166 e. The maximum absolute atomic E-state index is 13.4. The van der Waals surface area contributed by atoms with Crippen molar-refractivity contribution in [2.24, 2.45) is 0 Å². The molecule has 22 heavy (non-hydrogen) atoms. The van der Waals surface area contributed by atoms with Gasteiger partial charge >= 0.3 is 0 Å². The molecule has 0 spiro atoms. The average molecular weight is 325 g/mol. The molecule has 1 aromatic rings. The molecule has 1 aromatic carbocycles. The fourth-order valence-corrected chi connectivity index (χ4v) is 2.61. The van der Waals surface area contributed by atoms with Crippen LogP contribution in [0.3, 0.4) is 0 Å². The number of ether oxygens (including phenoxy) is 1. The zero-order chi connectivity index (χ0) is 15.6. The van der Waals surface area contributed by atoms with Crippen LogP contribution in [0.15, 0.2) is 24.3 Å². The van der Waals surface area contributed by atoms with Crippen molar-refractivity contribution in [3.8, 4) is 0 Å². The number of morpholine rings is 1. The molecule has 2 N–H and O–H groups in total. The molecule has 0 atom stereocenters. The number of benzene rings is 1. The van der Waals surface area contributed by atoms with E-state index >= 15 is 0 Å². The van der Waals surface area contributed by atoms with Crippen molar-refractivity contribution in [1.82, 2.24) is 15.5 Å². The van der Waals surface area contributed by atoms with E-state index in [2.05, 4.69) is 15.5 Å². The summed E-state index contributed by atoms with van der Waals surface area (Å²) in [6, 6.07) is 6.83. The summed E-state index contributed by atoms with van der Waals surface area (Å²) in [6.45, 7) is 6.26. The van der Waals surface area contributed by atoms with E-state index in [1.807, 2.05) is 6.07 Å². The first-order valence-electron chi connectivity index (χ1n) is 7.81. The molecular weight excluding hydrogens is 301 g/mol. The highest BCUT2D eigenvalue weighted by Crippen LogP contribution is 2.06.